The topological polar surface area (TPSA) is 53.6 Å². The molecule has 5 nitrogen and oxygen atoms in total. The number of benzene rings is 1. The first-order valence-corrected chi connectivity index (χ1v) is 9.54. The molecule has 5 heteroatoms. The summed E-state index contributed by atoms with van der Waals surface area (Å²) in [6.45, 7) is 5.77. The normalized spacial score (nSPS) is 22.2. The number of nitrogens with zero attached hydrogens (tertiary/aromatic N) is 1. The first-order chi connectivity index (χ1) is 12.1. The lowest BCUT2D eigenvalue weighted by molar-refractivity contribution is -0.121. The van der Waals surface area contributed by atoms with Crippen LogP contribution in [-0.2, 0) is 22.4 Å². The lowest BCUT2D eigenvalue weighted by Crippen LogP contribution is -2.46. The molecule has 3 rings (SSSR count). The first kappa shape index (κ1) is 18.4. The predicted molar refractivity (Wildman–Crippen MR) is 99.7 cm³/mol. The minimum Gasteiger partial charge on any atom is -0.374 e. The summed E-state index contributed by atoms with van der Waals surface area (Å²) in [5.41, 5.74) is 4.14. The second-order valence-electron chi connectivity index (χ2n) is 7.41. The van der Waals surface area contributed by atoms with Gasteiger partial charge in [0.25, 0.3) is 0 Å². The Balaban J connectivity index is 1.43. The zero-order chi connectivity index (χ0) is 17.6. The van der Waals surface area contributed by atoms with E-state index < -0.39 is 0 Å². The van der Waals surface area contributed by atoms with Crippen LogP contribution in [0.25, 0.3) is 0 Å². The van der Waals surface area contributed by atoms with Crippen LogP contribution in [0.4, 0.5) is 0 Å². The number of rotatable bonds is 6. The molecule has 1 fully saturated rings. The molecule has 0 unspecified atom stereocenters. The van der Waals surface area contributed by atoms with Gasteiger partial charge in [0.05, 0.1) is 25.3 Å². The lowest BCUT2D eigenvalue weighted by atomic mass is 9.89. The molecule has 2 atom stereocenters. The van der Waals surface area contributed by atoms with Gasteiger partial charge in [-0.25, -0.2) is 0 Å². The highest BCUT2D eigenvalue weighted by Gasteiger charge is 2.18. The molecule has 25 heavy (non-hydrogen) atoms. The molecule has 1 saturated heterocycles. The van der Waals surface area contributed by atoms with Crippen molar-refractivity contribution in [1.29, 1.82) is 0 Å². The average Bonchev–Trinajstić information content (AvgIpc) is 2.61. The summed E-state index contributed by atoms with van der Waals surface area (Å²) in [5.74, 6) is 0.0365. The summed E-state index contributed by atoms with van der Waals surface area (Å²) in [5, 5.41) is 6.32. The quantitative estimate of drug-likeness (QED) is 0.823. The van der Waals surface area contributed by atoms with E-state index in [2.05, 4.69) is 47.7 Å². The molecule has 2 aliphatic rings. The number of hydrogen-bond acceptors (Lipinski definition) is 4. The van der Waals surface area contributed by atoms with Gasteiger partial charge < -0.3 is 20.3 Å². The highest BCUT2D eigenvalue weighted by Crippen LogP contribution is 2.24. The second kappa shape index (κ2) is 8.79. The van der Waals surface area contributed by atoms with Crippen molar-refractivity contribution >= 4 is 5.91 Å². The van der Waals surface area contributed by atoms with E-state index in [9.17, 15) is 4.79 Å². The van der Waals surface area contributed by atoms with Gasteiger partial charge in [-0.1, -0.05) is 18.2 Å². The van der Waals surface area contributed by atoms with Crippen LogP contribution in [0, 0.1) is 0 Å². The fourth-order valence-electron chi connectivity index (χ4n) is 3.74. The number of morpholine rings is 1. The van der Waals surface area contributed by atoms with Crippen LogP contribution in [0.15, 0.2) is 18.2 Å². The van der Waals surface area contributed by atoms with Gasteiger partial charge in [0.15, 0.2) is 0 Å². The Morgan fingerprint density at radius 2 is 2.12 bits per heavy atom. The highest BCUT2D eigenvalue weighted by atomic mass is 16.5. The standard InChI is InChI=1S/C20H31N3O2/c1-15(17-8-7-16-5-3-4-6-18(16)11-17)22-20(24)13-21-12-19-14-23(2)9-10-25-19/h7-8,11,15,19,21H,3-6,9-10,12-14H2,1-2H3,(H,22,24)/t15-,19-/m0/s1. The zero-order valence-corrected chi connectivity index (χ0v) is 15.5. The van der Waals surface area contributed by atoms with E-state index >= 15 is 0 Å². The molecule has 0 radical (unpaired) electrons. The van der Waals surface area contributed by atoms with Crippen molar-refractivity contribution in [2.75, 3.05) is 39.8 Å². The van der Waals surface area contributed by atoms with E-state index in [1.165, 1.54) is 42.4 Å². The van der Waals surface area contributed by atoms with E-state index in [-0.39, 0.29) is 18.1 Å². The molecule has 1 heterocycles. The molecule has 1 aromatic carbocycles. The van der Waals surface area contributed by atoms with Crippen molar-refractivity contribution in [2.45, 2.75) is 44.8 Å². The van der Waals surface area contributed by atoms with Crippen LogP contribution >= 0.6 is 0 Å². The van der Waals surface area contributed by atoms with Crippen molar-refractivity contribution in [2.24, 2.45) is 0 Å². The zero-order valence-electron chi connectivity index (χ0n) is 15.5. The molecule has 1 amide bonds. The summed E-state index contributed by atoms with van der Waals surface area (Å²) in [4.78, 5) is 14.5. The fourth-order valence-corrected chi connectivity index (χ4v) is 3.74. The number of hydrogen-bond donors (Lipinski definition) is 2. The summed E-state index contributed by atoms with van der Waals surface area (Å²) in [6, 6.07) is 6.72. The molecule has 0 spiro atoms. The van der Waals surface area contributed by atoms with Crippen LogP contribution in [-0.4, -0.2) is 56.7 Å². The van der Waals surface area contributed by atoms with Gasteiger partial charge in [0.1, 0.15) is 0 Å². The summed E-state index contributed by atoms with van der Waals surface area (Å²) < 4.78 is 5.70. The van der Waals surface area contributed by atoms with Gasteiger partial charge in [0, 0.05) is 19.6 Å². The number of fused-ring (bicyclic) bond motifs is 1. The molecular weight excluding hydrogens is 314 g/mol. The first-order valence-electron chi connectivity index (χ1n) is 9.54. The molecule has 1 aliphatic carbocycles. The number of likely N-dealkylation sites (N-methyl/N-ethyl adjacent to an activating group) is 1. The molecular formula is C20H31N3O2. The van der Waals surface area contributed by atoms with Gasteiger partial charge in [0.2, 0.25) is 5.91 Å². The molecule has 0 aromatic heterocycles. The number of carbonyl (C=O) groups excluding carboxylic acids is 1. The molecule has 1 aliphatic heterocycles. The molecule has 0 saturated carbocycles. The summed E-state index contributed by atoms with van der Waals surface area (Å²) in [6.07, 6.45) is 5.11. The number of ether oxygens (including phenoxy) is 1. The molecule has 138 valence electrons. The smallest absolute Gasteiger partial charge is 0.234 e. The number of nitrogens with one attached hydrogen (secondary N) is 2. The van der Waals surface area contributed by atoms with Crippen molar-refractivity contribution in [1.82, 2.24) is 15.5 Å². The van der Waals surface area contributed by atoms with Crippen LogP contribution < -0.4 is 10.6 Å². The van der Waals surface area contributed by atoms with Gasteiger partial charge in [-0.15, -0.1) is 0 Å². The largest absolute Gasteiger partial charge is 0.374 e. The van der Waals surface area contributed by atoms with Gasteiger partial charge >= 0.3 is 0 Å². The Bertz CT molecular complexity index is 590. The number of amides is 1. The van der Waals surface area contributed by atoms with Crippen molar-refractivity contribution in [3.8, 4) is 0 Å². The minimum atomic E-state index is 0.0365. The number of carbonyl (C=O) groups is 1. The molecule has 2 N–H and O–H groups in total. The number of aryl methyl sites for hydroxylation is 2. The van der Waals surface area contributed by atoms with Crippen LogP contribution in [0.3, 0.4) is 0 Å². The van der Waals surface area contributed by atoms with Crippen LogP contribution in [0.2, 0.25) is 0 Å². The van der Waals surface area contributed by atoms with Gasteiger partial charge in [-0.2, -0.15) is 0 Å². The van der Waals surface area contributed by atoms with E-state index in [1.807, 2.05) is 0 Å². The Labute approximate surface area is 151 Å². The SMILES string of the molecule is C[C@H](NC(=O)CNC[C@H]1CN(C)CCO1)c1ccc2c(c1)CCCC2. The third-order valence-electron chi connectivity index (χ3n) is 5.25. The van der Waals surface area contributed by atoms with Gasteiger partial charge in [-0.05, 0) is 56.3 Å². The van der Waals surface area contributed by atoms with E-state index in [0.29, 0.717) is 13.1 Å². The maximum Gasteiger partial charge on any atom is 0.234 e. The third kappa shape index (κ3) is 5.27. The van der Waals surface area contributed by atoms with Crippen molar-refractivity contribution < 1.29 is 9.53 Å². The summed E-state index contributed by atoms with van der Waals surface area (Å²) >= 11 is 0. The van der Waals surface area contributed by atoms with E-state index in [1.54, 1.807) is 0 Å². The Morgan fingerprint density at radius 1 is 1.32 bits per heavy atom. The highest BCUT2D eigenvalue weighted by molar-refractivity contribution is 5.78. The Hall–Kier alpha value is -1.43. The monoisotopic (exact) mass is 345 g/mol. The minimum absolute atomic E-state index is 0.0365. The molecule has 1 aromatic rings. The Morgan fingerprint density at radius 3 is 2.92 bits per heavy atom. The second-order valence-corrected chi connectivity index (χ2v) is 7.41. The van der Waals surface area contributed by atoms with E-state index in [0.717, 1.165) is 19.7 Å². The maximum atomic E-state index is 12.2. The third-order valence-corrected chi connectivity index (χ3v) is 5.25. The van der Waals surface area contributed by atoms with Crippen LogP contribution in [0.5, 0.6) is 0 Å². The van der Waals surface area contributed by atoms with Crippen molar-refractivity contribution in [3.05, 3.63) is 34.9 Å². The Kier molecular flexibility index (Phi) is 6.45. The van der Waals surface area contributed by atoms with E-state index in [4.69, 9.17) is 4.74 Å². The van der Waals surface area contributed by atoms with Gasteiger partial charge in [-0.3, -0.25) is 4.79 Å². The maximum absolute atomic E-state index is 12.2. The van der Waals surface area contributed by atoms with Crippen LogP contribution in [0.1, 0.15) is 42.5 Å². The summed E-state index contributed by atoms with van der Waals surface area (Å²) in [7, 11) is 2.10. The fraction of sp³-hybridized carbons (Fsp3) is 0.650. The molecule has 0 bridgehead atoms. The predicted octanol–water partition coefficient (Wildman–Crippen LogP) is 1.66. The lowest BCUT2D eigenvalue weighted by Gasteiger charge is -2.30. The van der Waals surface area contributed by atoms with Crippen molar-refractivity contribution in [3.63, 3.8) is 0 Å². The average molecular weight is 345 g/mol.